The molecular weight excluding hydrogens is 300 g/mol. The van der Waals surface area contributed by atoms with Gasteiger partial charge in [0, 0.05) is 11.0 Å². The van der Waals surface area contributed by atoms with Crippen LogP contribution in [0.4, 0.5) is 11.4 Å². The first kappa shape index (κ1) is 12.4. The van der Waals surface area contributed by atoms with Gasteiger partial charge in [-0.15, -0.1) is 0 Å². The lowest BCUT2D eigenvalue weighted by atomic mass is 10.2. The summed E-state index contributed by atoms with van der Waals surface area (Å²) < 4.78 is 0.958. The second-order valence-corrected chi connectivity index (χ2v) is 5.38. The molecule has 1 heterocycles. The molecule has 1 aromatic carbocycles. The number of aliphatic hydroxyl groups excluding tert-OH is 1. The van der Waals surface area contributed by atoms with Crippen LogP contribution in [0.1, 0.15) is 11.7 Å². The van der Waals surface area contributed by atoms with Crippen molar-refractivity contribution in [2.24, 2.45) is 0 Å². The molecule has 17 heavy (non-hydrogen) atoms. The Morgan fingerprint density at radius 2 is 2.24 bits per heavy atom. The van der Waals surface area contributed by atoms with E-state index in [1.807, 2.05) is 35.0 Å². The number of nitrogens with one attached hydrogen (secondary N) is 1. The van der Waals surface area contributed by atoms with Gasteiger partial charge in [-0.2, -0.15) is 11.3 Å². The van der Waals surface area contributed by atoms with Crippen LogP contribution in [0.15, 0.2) is 39.5 Å². The standard InChI is InChI=1S/C12H13BrN2OS/c13-9-1-2-10(14)11(5-9)15-6-12(16)8-3-4-17-7-8/h1-5,7,12,15-16H,6,14H2. The maximum absolute atomic E-state index is 9.92. The van der Waals surface area contributed by atoms with Crippen LogP contribution in [0.25, 0.3) is 0 Å². The van der Waals surface area contributed by atoms with Gasteiger partial charge in [0.25, 0.3) is 0 Å². The van der Waals surface area contributed by atoms with Crippen molar-refractivity contribution in [2.45, 2.75) is 6.10 Å². The summed E-state index contributed by atoms with van der Waals surface area (Å²) in [6.45, 7) is 0.442. The average Bonchev–Trinajstić information content (AvgIpc) is 2.83. The molecule has 1 atom stereocenters. The first-order chi connectivity index (χ1) is 8.16. The van der Waals surface area contributed by atoms with Gasteiger partial charge < -0.3 is 16.2 Å². The lowest BCUT2D eigenvalue weighted by Crippen LogP contribution is -2.12. The molecule has 0 aliphatic heterocycles. The highest BCUT2D eigenvalue weighted by Crippen LogP contribution is 2.24. The minimum absolute atomic E-state index is 0.442. The first-order valence-electron chi connectivity index (χ1n) is 5.16. The molecule has 1 unspecified atom stereocenters. The van der Waals surface area contributed by atoms with Gasteiger partial charge in [0.2, 0.25) is 0 Å². The molecule has 5 heteroatoms. The molecule has 3 nitrogen and oxygen atoms in total. The molecule has 0 aliphatic carbocycles. The highest BCUT2D eigenvalue weighted by Gasteiger charge is 2.08. The third-order valence-electron chi connectivity index (χ3n) is 2.43. The Labute approximate surface area is 112 Å². The number of nitrogens with two attached hydrogens (primary N) is 1. The fourth-order valence-corrected chi connectivity index (χ4v) is 2.54. The van der Waals surface area contributed by atoms with E-state index in [9.17, 15) is 5.11 Å². The minimum Gasteiger partial charge on any atom is -0.397 e. The number of thiophene rings is 1. The van der Waals surface area contributed by atoms with Crippen molar-refractivity contribution in [3.63, 3.8) is 0 Å². The van der Waals surface area contributed by atoms with Crippen LogP contribution < -0.4 is 11.1 Å². The zero-order valence-corrected chi connectivity index (χ0v) is 11.5. The van der Waals surface area contributed by atoms with E-state index in [-0.39, 0.29) is 0 Å². The van der Waals surface area contributed by atoms with E-state index in [1.165, 1.54) is 0 Å². The summed E-state index contributed by atoms with van der Waals surface area (Å²) in [5.74, 6) is 0. The molecule has 4 N–H and O–H groups in total. The summed E-state index contributed by atoms with van der Waals surface area (Å²) in [6, 6.07) is 7.52. The minimum atomic E-state index is -0.514. The molecular formula is C12H13BrN2OS. The SMILES string of the molecule is Nc1ccc(Br)cc1NCC(O)c1ccsc1. The van der Waals surface area contributed by atoms with Gasteiger partial charge in [-0.1, -0.05) is 15.9 Å². The Hall–Kier alpha value is -1.04. The predicted molar refractivity (Wildman–Crippen MR) is 76.3 cm³/mol. The Bertz CT molecular complexity index is 487. The topological polar surface area (TPSA) is 58.3 Å². The molecule has 0 spiro atoms. The van der Waals surface area contributed by atoms with Crippen molar-refractivity contribution < 1.29 is 5.11 Å². The van der Waals surface area contributed by atoms with Crippen LogP contribution in [-0.4, -0.2) is 11.7 Å². The molecule has 2 aromatic rings. The summed E-state index contributed by atoms with van der Waals surface area (Å²) >= 11 is 4.96. The highest BCUT2D eigenvalue weighted by atomic mass is 79.9. The van der Waals surface area contributed by atoms with Crippen LogP contribution in [0, 0.1) is 0 Å². The molecule has 0 amide bonds. The second-order valence-electron chi connectivity index (χ2n) is 3.68. The molecule has 0 saturated heterocycles. The summed E-state index contributed by atoms with van der Waals surface area (Å²) in [6.07, 6.45) is -0.514. The van der Waals surface area contributed by atoms with Crippen LogP contribution >= 0.6 is 27.3 Å². The molecule has 0 radical (unpaired) electrons. The van der Waals surface area contributed by atoms with E-state index in [0.29, 0.717) is 12.2 Å². The molecule has 0 saturated carbocycles. The number of halogens is 1. The molecule has 1 aromatic heterocycles. The van der Waals surface area contributed by atoms with Gasteiger partial charge in [-0.3, -0.25) is 0 Å². The van der Waals surface area contributed by atoms with Crippen LogP contribution in [-0.2, 0) is 0 Å². The number of aliphatic hydroxyl groups is 1. The largest absolute Gasteiger partial charge is 0.397 e. The normalized spacial score (nSPS) is 12.4. The number of hydrogen-bond donors (Lipinski definition) is 3. The highest BCUT2D eigenvalue weighted by molar-refractivity contribution is 9.10. The summed E-state index contributed by atoms with van der Waals surface area (Å²) in [5, 5.41) is 17.0. The molecule has 2 rings (SSSR count). The number of benzene rings is 1. The summed E-state index contributed by atoms with van der Waals surface area (Å²) in [5.41, 5.74) is 8.26. The lowest BCUT2D eigenvalue weighted by molar-refractivity contribution is 0.192. The van der Waals surface area contributed by atoms with E-state index in [4.69, 9.17) is 5.73 Å². The first-order valence-corrected chi connectivity index (χ1v) is 6.89. The van der Waals surface area contributed by atoms with Gasteiger partial charge in [0.05, 0.1) is 17.5 Å². The van der Waals surface area contributed by atoms with Gasteiger partial charge in [0.15, 0.2) is 0 Å². The van der Waals surface area contributed by atoms with E-state index < -0.39 is 6.10 Å². The number of rotatable bonds is 4. The Balaban J connectivity index is 2.00. The Morgan fingerprint density at radius 1 is 1.41 bits per heavy atom. The Morgan fingerprint density at radius 3 is 2.94 bits per heavy atom. The van der Waals surface area contributed by atoms with E-state index in [2.05, 4.69) is 21.2 Å². The van der Waals surface area contributed by atoms with E-state index in [1.54, 1.807) is 11.3 Å². The quantitative estimate of drug-likeness (QED) is 0.760. The maximum Gasteiger partial charge on any atom is 0.0970 e. The zero-order valence-electron chi connectivity index (χ0n) is 9.06. The second kappa shape index (κ2) is 5.53. The van der Waals surface area contributed by atoms with Crippen molar-refractivity contribution in [1.29, 1.82) is 0 Å². The van der Waals surface area contributed by atoms with Gasteiger partial charge >= 0.3 is 0 Å². The van der Waals surface area contributed by atoms with Crippen molar-refractivity contribution in [1.82, 2.24) is 0 Å². The van der Waals surface area contributed by atoms with Crippen molar-refractivity contribution >= 4 is 38.6 Å². The van der Waals surface area contributed by atoms with Crippen LogP contribution in [0.2, 0.25) is 0 Å². The van der Waals surface area contributed by atoms with E-state index in [0.717, 1.165) is 15.7 Å². The third kappa shape index (κ3) is 3.21. The fraction of sp³-hybridized carbons (Fsp3) is 0.167. The average molecular weight is 313 g/mol. The molecule has 0 bridgehead atoms. The molecule has 0 fully saturated rings. The number of hydrogen-bond acceptors (Lipinski definition) is 4. The fourth-order valence-electron chi connectivity index (χ4n) is 1.47. The van der Waals surface area contributed by atoms with E-state index >= 15 is 0 Å². The maximum atomic E-state index is 9.92. The van der Waals surface area contributed by atoms with Gasteiger partial charge in [-0.05, 0) is 40.6 Å². The van der Waals surface area contributed by atoms with Crippen molar-refractivity contribution in [2.75, 3.05) is 17.6 Å². The monoisotopic (exact) mass is 312 g/mol. The van der Waals surface area contributed by atoms with Crippen LogP contribution in [0.5, 0.6) is 0 Å². The predicted octanol–water partition coefficient (Wildman–Crippen LogP) is 3.24. The van der Waals surface area contributed by atoms with Crippen LogP contribution in [0.3, 0.4) is 0 Å². The molecule has 90 valence electrons. The number of nitrogen functional groups attached to an aromatic ring is 1. The van der Waals surface area contributed by atoms with Crippen molar-refractivity contribution in [3.05, 3.63) is 45.1 Å². The smallest absolute Gasteiger partial charge is 0.0970 e. The van der Waals surface area contributed by atoms with Crippen molar-refractivity contribution in [3.8, 4) is 0 Å². The molecule has 0 aliphatic rings. The van der Waals surface area contributed by atoms with Gasteiger partial charge in [-0.25, -0.2) is 0 Å². The lowest BCUT2D eigenvalue weighted by Gasteiger charge is -2.13. The third-order valence-corrected chi connectivity index (χ3v) is 3.62. The summed E-state index contributed by atoms with van der Waals surface area (Å²) in [7, 11) is 0. The zero-order chi connectivity index (χ0) is 12.3. The summed E-state index contributed by atoms with van der Waals surface area (Å²) in [4.78, 5) is 0. The Kier molecular flexibility index (Phi) is 4.04. The van der Waals surface area contributed by atoms with Gasteiger partial charge in [0.1, 0.15) is 0 Å². The number of anilines is 2.